The quantitative estimate of drug-likeness (QED) is 0.759. The Balaban J connectivity index is 2.97. The van der Waals surface area contributed by atoms with Crippen LogP contribution in [0.5, 0.6) is 0 Å². The van der Waals surface area contributed by atoms with Crippen LogP contribution in [0.1, 0.15) is 5.56 Å². The largest absolute Gasteiger partial charge is 0.287 e. The molecule has 1 aromatic rings. The van der Waals surface area contributed by atoms with Crippen molar-refractivity contribution in [2.24, 2.45) is 0 Å². The van der Waals surface area contributed by atoms with Gasteiger partial charge in [0, 0.05) is 16.5 Å². The number of hydrogen-bond donors (Lipinski definition) is 1. The maximum absolute atomic E-state index is 10.6. The Morgan fingerprint density at radius 2 is 2.08 bits per heavy atom. The highest BCUT2D eigenvalue weighted by atomic mass is 35.5. The van der Waals surface area contributed by atoms with Crippen molar-refractivity contribution >= 4 is 40.9 Å². The topological polar surface area (TPSA) is 17.1 Å². The second-order valence-electron chi connectivity index (χ2n) is 2.31. The predicted molar refractivity (Wildman–Crippen MR) is 54.2 cm³/mol. The first kappa shape index (κ1) is 9.90. The third-order valence-electron chi connectivity index (χ3n) is 1.35. The van der Waals surface area contributed by atoms with E-state index in [0.29, 0.717) is 15.6 Å². The molecule has 0 radical (unpaired) electrons. The summed E-state index contributed by atoms with van der Waals surface area (Å²) in [7, 11) is 0. The van der Waals surface area contributed by atoms with Gasteiger partial charge >= 0.3 is 0 Å². The molecule has 0 heterocycles. The van der Waals surface area contributed by atoms with Crippen molar-refractivity contribution in [2.75, 3.05) is 0 Å². The molecule has 0 fully saturated rings. The Hall–Kier alpha value is -0.180. The fourth-order valence-electron chi connectivity index (χ4n) is 0.842. The van der Waals surface area contributed by atoms with Crippen LogP contribution in [0, 0.1) is 0 Å². The molecule has 0 atom stereocenters. The van der Waals surface area contributed by atoms with Crippen LogP contribution < -0.4 is 0 Å². The zero-order chi connectivity index (χ0) is 9.14. The van der Waals surface area contributed by atoms with E-state index in [-0.39, 0.29) is 11.5 Å². The zero-order valence-electron chi connectivity index (χ0n) is 6.05. The van der Waals surface area contributed by atoms with Crippen LogP contribution in [0.2, 0.25) is 10.0 Å². The third-order valence-corrected chi connectivity index (χ3v) is 2.11. The molecule has 4 heteroatoms. The Morgan fingerprint density at radius 1 is 1.42 bits per heavy atom. The van der Waals surface area contributed by atoms with Gasteiger partial charge in [-0.2, -0.15) is 0 Å². The Labute approximate surface area is 86.1 Å². The molecule has 1 nitrogen and oxygen atoms in total. The second-order valence-corrected chi connectivity index (χ2v) is 3.65. The van der Waals surface area contributed by atoms with Gasteiger partial charge in [0.1, 0.15) is 0 Å². The molecule has 0 saturated carbocycles. The number of thiol groups is 1. The van der Waals surface area contributed by atoms with Crippen molar-refractivity contribution in [3.05, 3.63) is 33.8 Å². The van der Waals surface area contributed by atoms with E-state index in [4.69, 9.17) is 23.2 Å². The minimum atomic E-state index is -0.223. The van der Waals surface area contributed by atoms with Crippen molar-refractivity contribution in [3.8, 4) is 0 Å². The first-order valence-electron chi connectivity index (χ1n) is 3.25. The molecule has 0 bridgehead atoms. The van der Waals surface area contributed by atoms with Gasteiger partial charge in [-0.05, 0) is 23.8 Å². The smallest absolute Gasteiger partial charge is 0.190 e. The zero-order valence-corrected chi connectivity index (χ0v) is 8.46. The number of rotatable bonds is 2. The van der Waals surface area contributed by atoms with Crippen LogP contribution in [0.3, 0.4) is 0 Å². The molecule has 0 spiro atoms. The number of carbonyl (C=O) groups excluding carboxylic acids is 1. The number of hydrogen-bond acceptors (Lipinski definition) is 1. The van der Waals surface area contributed by atoms with Crippen LogP contribution in [0.4, 0.5) is 0 Å². The van der Waals surface area contributed by atoms with Crippen LogP contribution in [0.15, 0.2) is 18.2 Å². The lowest BCUT2D eigenvalue weighted by molar-refractivity contribution is -0.110. The molecule has 1 aromatic carbocycles. The van der Waals surface area contributed by atoms with E-state index in [9.17, 15) is 4.79 Å². The van der Waals surface area contributed by atoms with E-state index < -0.39 is 0 Å². The normalized spacial score (nSPS) is 9.92. The van der Waals surface area contributed by atoms with Gasteiger partial charge in [-0.3, -0.25) is 4.79 Å². The van der Waals surface area contributed by atoms with Gasteiger partial charge in [0.25, 0.3) is 0 Å². The van der Waals surface area contributed by atoms with Gasteiger partial charge in [0.05, 0.1) is 0 Å². The minimum Gasteiger partial charge on any atom is -0.287 e. The molecule has 0 aliphatic carbocycles. The molecule has 64 valence electrons. The second kappa shape index (κ2) is 4.17. The van der Waals surface area contributed by atoms with E-state index in [1.165, 1.54) is 0 Å². The van der Waals surface area contributed by atoms with E-state index in [1.54, 1.807) is 18.2 Å². The van der Waals surface area contributed by atoms with Crippen LogP contribution >= 0.6 is 35.8 Å². The van der Waals surface area contributed by atoms with Gasteiger partial charge in [-0.15, -0.1) is 12.6 Å². The Morgan fingerprint density at radius 3 is 2.67 bits per heavy atom. The highest BCUT2D eigenvalue weighted by Gasteiger charge is 2.03. The summed E-state index contributed by atoms with van der Waals surface area (Å²) in [6.45, 7) is 0. The predicted octanol–water partition coefficient (Wildman–Crippen LogP) is 2.99. The molecule has 0 aliphatic heterocycles. The molecule has 0 aliphatic rings. The monoisotopic (exact) mass is 220 g/mol. The van der Waals surface area contributed by atoms with Gasteiger partial charge in [0.15, 0.2) is 5.12 Å². The lowest BCUT2D eigenvalue weighted by Crippen LogP contribution is -1.94. The highest BCUT2D eigenvalue weighted by Crippen LogP contribution is 2.21. The highest BCUT2D eigenvalue weighted by molar-refractivity contribution is 7.96. The molecule has 1 rings (SSSR count). The molecule has 0 unspecified atom stereocenters. The van der Waals surface area contributed by atoms with Crippen molar-refractivity contribution in [1.82, 2.24) is 0 Å². The number of benzene rings is 1. The summed E-state index contributed by atoms with van der Waals surface area (Å²) in [5.74, 6) is 0. The Kier molecular flexibility index (Phi) is 3.44. The van der Waals surface area contributed by atoms with Gasteiger partial charge in [0.2, 0.25) is 0 Å². The molecule has 0 amide bonds. The van der Waals surface area contributed by atoms with Crippen molar-refractivity contribution in [1.29, 1.82) is 0 Å². The van der Waals surface area contributed by atoms with Gasteiger partial charge in [-0.1, -0.05) is 23.2 Å². The average Bonchev–Trinajstić information content (AvgIpc) is 1.96. The maximum Gasteiger partial charge on any atom is 0.190 e. The summed E-state index contributed by atoms with van der Waals surface area (Å²) >= 11 is 15.2. The van der Waals surface area contributed by atoms with E-state index >= 15 is 0 Å². The third kappa shape index (κ3) is 2.70. The Bertz CT molecular complexity index is 312. The van der Waals surface area contributed by atoms with Gasteiger partial charge < -0.3 is 0 Å². The van der Waals surface area contributed by atoms with Crippen molar-refractivity contribution < 1.29 is 4.79 Å². The lowest BCUT2D eigenvalue weighted by atomic mass is 10.2. The first-order chi connectivity index (χ1) is 5.59. The summed E-state index contributed by atoms with van der Waals surface area (Å²) in [6.07, 6.45) is 0.211. The first-order valence-corrected chi connectivity index (χ1v) is 4.45. The summed E-state index contributed by atoms with van der Waals surface area (Å²) < 4.78 is 0. The van der Waals surface area contributed by atoms with Crippen LogP contribution in [-0.2, 0) is 11.2 Å². The van der Waals surface area contributed by atoms with E-state index in [2.05, 4.69) is 12.6 Å². The summed E-state index contributed by atoms with van der Waals surface area (Å²) in [4.78, 5) is 10.6. The molecule has 0 aromatic heterocycles. The minimum absolute atomic E-state index is 0.211. The molecular formula is C8H6Cl2OS. The SMILES string of the molecule is O=C(S)Cc1cc(Cl)ccc1Cl. The molecule has 12 heavy (non-hydrogen) atoms. The van der Waals surface area contributed by atoms with Crippen molar-refractivity contribution in [3.63, 3.8) is 0 Å². The van der Waals surface area contributed by atoms with E-state index in [1.807, 2.05) is 0 Å². The lowest BCUT2D eigenvalue weighted by Gasteiger charge is -2.00. The summed E-state index contributed by atoms with van der Waals surface area (Å²) in [6, 6.07) is 5.00. The number of carbonyl (C=O) groups is 1. The maximum atomic E-state index is 10.6. The summed E-state index contributed by atoms with van der Waals surface area (Å²) in [5, 5.41) is 0.893. The van der Waals surface area contributed by atoms with E-state index in [0.717, 1.165) is 0 Å². The molecule has 0 saturated heterocycles. The van der Waals surface area contributed by atoms with Crippen LogP contribution in [0.25, 0.3) is 0 Å². The standard InChI is InChI=1S/C8H6Cl2OS/c9-6-1-2-7(10)5(3-6)4-8(11)12/h1-3H,4H2,(H,11,12). The fraction of sp³-hybridized carbons (Fsp3) is 0.125. The van der Waals surface area contributed by atoms with Crippen molar-refractivity contribution in [2.45, 2.75) is 6.42 Å². The fourth-order valence-corrected chi connectivity index (χ4v) is 1.39. The average molecular weight is 221 g/mol. The molecule has 0 N–H and O–H groups in total. The van der Waals surface area contributed by atoms with Gasteiger partial charge in [-0.25, -0.2) is 0 Å². The summed E-state index contributed by atoms with van der Waals surface area (Å²) in [5.41, 5.74) is 0.712. The molecular weight excluding hydrogens is 215 g/mol. The van der Waals surface area contributed by atoms with Crippen LogP contribution in [-0.4, -0.2) is 5.12 Å². The number of halogens is 2.